The van der Waals surface area contributed by atoms with Crippen molar-refractivity contribution in [2.75, 3.05) is 0 Å². The Labute approximate surface area is 118 Å². The van der Waals surface area contributed by atoms with E-state index in [1.54, 1.807) is 6.07 Å². The number of carbonyl (C=O) groups excluding carboxylic acids is 1. The number of phenolic OH excluding ortho intramolecular Hbond substituents is 1. The summed E-state index contributed by atoms with van der Waals surface area (Å²) in [4.78, 5) is 13.1. The zero-order valence-corrected chi connectivity index (χ0v) is 11.4. The summed E-state index contributed by atoms with van der Waals surface area (Å²) in [7, 11) is 0. The molecule has 0 spiro atoms. The Morgan fingerprint density at radius 2 is 1.75 bits per heavy atom. The molecular weight excluding hydrogens is 248 g/mol. The topological polar surface area (TPSA) is 37.3 Å². The quantitative estimate of drug-likeness (QED) is 0.822. The molecule has 4 rings (SSSR count). The van der Waals surface area contributed by atoms with Crippen molar-refractivity contribution in [3.05, 3.63) is 42.0 Å². The maximum absolute atomic E-state index is 13.1. The molecule has 0 aromatic heterocycles. The Bertz CT molecular complexity index is 694. The summed E-state index contributed by atoms with van der Waals surface area (Å²) in [6.07, 6.45) is 5.59. The molecule has 2 aromatic carbocycles. The summed E-state index contributed by atoms with van der Waals surface area (Å²) < 4.78 is 0. The first-order valence-corrected chi connectivity index (χ1v) is 7.45. The number of Topliss-reactive ketones (excluding diaryl/α,β-unsaturated/α-hetero) is 1. The van der Waals surface area contributed by atoms with Crippen LogP contribution in [0.2, 0.25) is 0 Å². The second-order valence-electron chi connectivity index (χ2n) is 6.43. The summed E-state index contributed by atoms with van der Waals surface area (Å²) in [5, 5.41) is 11.6. The van der Waals surface area contributed by atoms with Crippen LogP contribution >= 0.6 is 0 Å². The predicted octanol–water partition coefficient (Wildman–Crippen LogP) is 4.31. The number of hydrogen-bond donors (Lipinski definition) is 1. The molecule has 0 saturated heterocycles. The Morgan fingerprint density at radius 1 is 1.05 bits per heavy atom. The molecule has 20 heavy (non-hydrogen) atoms. The van der Waals surface area contributed by atoms with Crippen molar-refractivity contribution < 1.29 is 9.90 Å². The van der Waals surface area contributed by atoms with Gasteiger partial charge in [-0.1, -0.05) is 30.3 Å². The number of ketones is 1. The third kappa shape index (κ3) is 1.54. The van der Waals surface area contributed by atoms with E-state index in [4.69, 9.17) is 0 Å². The largest absolute Gasteiger partial charge is 0.507 e. The second-order valence-corrected chi connectivity index (χ2v) is 6.43. The van der Waals surface area contributed by atoms with Crippen LogP contribution in [-0.2, 0) is 0 Å². The zero-order chi connectivity index (χ0) is 13.7. The molecule has 0 radical (unpaired) electrons. The van der Waals surface area contributed by atoms with Gasteiger partial charge in [-0.15, -0.1) is 0 Å². The fraction of sp³-hybridized carbons (Fsp3) is 0.389. The molecule has 2 aliphatic rings. The molecule has 2 fully saturated rings. The fourth-order valence-electron chi connectivity index (χ4n) is 4.29. The first kappa shape index (κ1) is 12.0. The number of fused-ring (bicyclic) bond motifs is 3. The summed E-state index contributed by atoms with van der Waals surface area (Å²) in [5.74, 6) is 1.32. The summed E-state index contributed by atoms with van der Waals surface area (Å²) in [6, 6.07) is 11.1. The smallest absolute Gasteiger partial charge is 0.169 e. The van der Waals surface area contributed by atoms with Gasteiger partial charge in [-0.05, 0) is 49.5 Å². The van der Waals surface area contributed by atoms with E-state index < -0.39 is 0 Å². The molecular formula is C18H18O2. The van der Waals surface area contributed by atoms with Crippen LogP contribution in [0.1, 0.15) is 42.5 Å². The molecule has 0 unspecified atom stereocenters. The first-order chi connectivity index (χ1) is 9.70. The maximum atomic E-state index is 13.1. The van der Waals surface area contributed by atoms with Gasteiger partial charge < -0.3 is 5.11 Å². The van der Waals surface area contributed by atoms with Gasteiger partial charge in [0, 0.05) is 16.4 Å². The molecule has 102 valence electrons. The van der Waals surface area contributed by atoms with Crippen LogP contribution in [0, 0.1) is 11.3 Å². The Balaban J connectivity index is 1.86. The average Bonchev–Trinajstić information content (AvgIpc) is 3.08. The van der Waals surface area contributed by atoms with E-state index in [2.05, 4.69) is 0 Å². The number of phenols is 1. The zero-order valence-electron chi connectivity index (χ0n) is 11.4. The highest BCUT2D eigenvalue weighted by Gasteiger charge is 2.50. The molecule has 2 heteroatoms. The van der Waals surface area contributed by atoms with Gasteiger partial charge in [-0.3, -0.25) is 4.79 Å². The highest BCUT2D eigenvalue weighted by atomic mass is 16.3. The van der Waals surface area contributed by atoms with Gasteiger partial charge in [-0.2, -0.15) is 0 Å². The van der Waals surface area contributed by atoms with Gasteiger partial charge in [0.15, 0.2) is 5.78 Å². The minimum atomic E-state index is -0.107. The molecule has 0 aliphatic heterocycles. The van der Waals surface area contributed by atoms with E-state index in [0.29, 0.717) is 5.78 Å². The third-order valence-electron chi connectivity index (χ3n) is 5.37. The highest BCUT2D eigenvalue weighted by Crippen LogP contribution is 2.55. The van der Waals surface area contributed by atoms with E-state index >= 15 is 0 Å². The number of rotatable bonds is 2. The van der Waals surface area contributed by atoms with Crippen LogP contribution < -0.4 is 0 Å². The number of aromatic hydroxyl groups is 1. The van der Waals surface area contributed by atoms with Gasteiger partial charge in [-0.25, -0.2) is 0 Å². The van der Waals surface area contributed by atoms with Crippen LogP contribution in [0.3, 0.4) is 0 Å². The van der Waals surface area contributed by atoms with Gasteiger partial charge in [0.05, 0.1) is 0 Å². The molecule has 2 saturated carbocycles. The SMILES string of the molecule is O=C(c1cccc2c(O)cccc12)C12CCC(CC1)C2. The number of hydrogen-bond acceptors (Lipinski definition) is 2. The lowest BCUT2D eigenvalue weighted by molar-refractivity contribution is 0.0804. The van der Waals surface area contributed by atoms with Gasteiger partial charge in [0.2, 0.25) is 0 Å². The molecule has 2 aliphatic carbocycles. The highest BCUT2D eigenvalue weighted by molar-refractivity contribution is 6.11. The normalized spacial score (nSPS) is 28.1. The van der Waals surface area contributed by atoms with Crippen molar-refractivity contribution in [2.24, 2.45) is 11.3 Å². The van der Waals surface area contributed by atoms with Crippen molar-refractivity contribution in [1.29, 1.82) is 0 Å². The van der Waals surface area contributed by atoms with E-state index in [9.17, 15) is 9.90 Å². The lowest BCUT2D eigenvalue weighted by Gasteiger charge is -2.25. The van der Waals surface area contributed by atoms with E-state index in [0.717, 1.165) is 41.5 Å². The van der Waals surface area contributed by atoms with Crippen LogP contribution in [-0.4, -0.2) is 10.9 Å². The van der Waals surface area contributed by atoms with Crippen LogP contribution in [0.25, 0.3) is 10.8 Å². The third-order valence-corrected chi connectivity index (χ3v) is 5.37. The Kier molecular flexibility index (Phi) is 2.44. The van der Waals surface area contributed by atoms with E-state index in [1.165, 1.54) is 12.8 Å². The Hall–Kier alpha value is -1.83. The molecule has 2 bridgehead atoms. The molecule has 0 heterocycles. The van der Waals surface area contributed by atoms with Gasteiger partial charge in [0.1, 0.15) is 5.75 Å². The average molecular weight is 266 g/mol. The van der Waals surface area contributed by atoms with Crippen molar-refractivity contribution in [2.45, 2.75) is 32.1 Å². The van der Waals surface area contributed by atoms with Gasteiger partial charge in [0.25, 0.3) is 0 Å². The number of carbonyl (C=O) groups is 1. The summed E-state index contributed by atoms with van der Waals surface area (Å²) >= 11 is 0. The molecule has 1 N–H and O–H groups in total. The van der Waals surface area contributed by atoms with Crippen molar-refractivity contribution in [1.82, 2.24) is 0 Å². The van der Waals surface area contributed by atoms with Crippen molar-refractivity contribution in [3.8, 4) is 5.75 Å². The predicted molar refractivity (Wildman–Crippen MR) is 79.0 cm³/mol. The minimum Gasteiger partial charge on any atom is -0.507 e. The first-order valence-electron chi connectivity index (χ1n) is 7.45. The minimum absolute atomic E-state index is 0.107. The second kappa shape index (κ2) is 4.08. The van der Waals surface area contributed by atoms with Crippen LogP contribution in [0.5, 0.6) is 5.75 Å². The Morgan fingerprint density at radius 3 is 2.45 bits per heavy atom. The van der Waals surface area contributed by atoms with Gasteiger partial charge >= 0.3 is 0 Å². The van der Waals surface area contributed by atoms with Crippen molar-refractivity contribution in [3.63, 3.8) is 0 Å². The standard InChI is InChI=1S/C18H18O2/c19-16-6-2-3-13-14(16)4-1-5-15(13)17(20)18-9-7-12(11-18)8-10-18/h1-6,12,19H,7-11H2. The van der Waals surface area contributed by atoms with Crippen LogP contribution in [0.15, 0.2) is 36.4 Å². The summed E-state index contributed by atoms with van der Waals surface area (Å²) in [6.45, 7) is 0. The maximum Gasteiger partial charge on any atom is 0.169 e. The van der Waals surface area contributed by atoms with Crippen molar-refractivity contribution >= 4 is 16.6 Å². The molecule has 2 aromatic rings. The molecule has 0 amide bonds. The monoisotopic (exact) mass is 266 g/mol. The molecule has 2 nitrogen and oxygen atoms in total. The fourth-order valence-corrected chi connectivity index (χ4v) is 4.29. The van der Waals surface area contributed by atoms with E-state index in [1.807, 2.05) is 30.3 Å². The summed E-state index contributed by atoms with van der Waals surface area (Å²) in [5.41, 5.74) is 0.686. The van der Waals surface area contributed by atoms with E-state index in [-0.39, 0.29) is 11.2 Å². The molecule has 0 atom stereocenters. The lowest BCUT2D eigenvalue weighted by Crippen LogP contribution is -2.26. The number of benzene rings is 2. The van der Waals surface area contributed by atoms with Crippen LogP contribution in [0.4, 0.5) is 0 Å². The lowest BCUT2D eigenvalue weighted by atomic mass is 9.76.